The van der Waals surface area contributed by atoms with Crippen LogP contribution in [0.2, 0.25) is 0 Å². The van der Waals surface area contributed by atoms with Gasteiger partial charge < -0.3 is 15.1 Å². The summed E-state index contributed by atoms with van der Waals surface area (Å²) in [5, 5.41) is 20.1. The van der Waals surface area contributed by atoms with E-state index in [0.717, 1.165) is 18.5 Å². The lowest BCUT2D eigenvalue weighted by Gasteiger charge is -2.50. The summed E-state index contributed by atoms with van der Waals surface area (Å²) < 4.78 is 0. The molecule has 0 spiro atoms. The Hall–Kier alpha value is -1.39. The first kappa shape index (κ1) is 17.0. The van der Waals surface area contributed by atoms with Gasteiger partial charge in [-0.05, 0) is 24.0 Å². The third kappa shape index (κ3) is 3.33. The van der Waals surface area contributed by atoms with Crippen LogP contribution >= 0.6 is 0 Å². The predicted octanol–water partition coefficient (Wildman–Crippen LogP) is 2.64. The summed E-state index contributed by atoms with van der Waals surface area (Å²) in [6.07, 6.45) is 1.77. The van der Waals surface area contributed by atoms with E-state index in [1.807, 2.05) is 12.1 Å². The lowest BCUT2D eigenvalue weighted by molar-refractivity contribution is -0.140. The molecular weight excluding hydrogens is 278 g/mol. The van der Waals surface area contributed by atoms with Crippen LogP contribution in [0.1, 0.15) is 44.7 Å². The molecule has 0 bridgehead atoms. The molecule has 0 saturated carbocycles. The van der Waals surface area contributed by atoms with E-state index < -0.39 is 11.6 Å². The zero-order chi connectivity index (χ0) is 16.4. The first-order chi connectivity index (χ1) is 10.3. The van der Waals surface area contributed by atoms with E-state index in [1.165, 1.54) is 5.56 Å². The summed E-state index contributed by atoms with van der Waals surface area (Å²) >= 11 is 0. The van der Waals surface area contributed by atoms with Crippen molar-refractivity contribution >= 4 is 5.97 Å². The number of carbonyl (C=O) groups is 1. The van der Waals surface area contributed by atoms with Gasteiger partial charge in [0.05, 0.1) is 12.0 Å². The average Bonchev–Trinajstić information content (AvgIpc) is 2.48. The van der Waals surface area contributed by atoms with E-state index in [0.29, 0.717) is 19.5 Å². The second-order valence-electron chi connectivity index (χ2n) is 6.96. The molecule has 0 aromatic heterocycles. The van der Waals surface area contributed by atoms with Crippen molar-refractivity contribution in [2.24, 2.45) is 5.41 Å². The molecule has 0 amide bonds. The van der Waals surface area contributed by atoms with Crippen molar-refractivity contribution in [3.63, 3.8) is 0 Å². The minimum atomic E-state index is -0.862. The summed E-state index contributed by atoms with van der Waals surface area (Å²) in [6, 6.07) is 8.24. The quantitative estimate of drug-likeness (QED) is 0.878. The fourth-order valence-electron chi connectivity index (χ4n) is 3.42. The van der Waals surface area contributed by atoms with Crippen molar-refractivity contribution in [1.29, 1.82) is 0 Å². The van der Waals surface area contributed by atoms with Gasteiger partial charge >= 0.3 is 5.97 Å². The van der Waals surface area contributed by atoms with Gasteiger partial charge in [-0.25, -0.2) is 0 Å². The summed E-state index contributed by atoms with van der Waals surface area (Å²) in [5.41, 5.74) is 1.05. The van der Waals surface area contributed by atoms with Crippen LogP contribution in [0.3, 0.4) is 0 Å². The van der Waals surface area contributed by atoms with Gasteiger partial charge in [0.25, 0.3) is 0 Å². The number of rotatable bonds is 5. The highest BCUT2D eigenvalue weighted by Gasteiger charge is 2.48. The molecule has 1 fully saturated rings. The molecule has 1 aromatic rings. The molecule has 2 rings (SSSR count). The first-order valence-electron chi connectivity index (χ1n) is 8.04. The Morgan fingerprint density at radius 1 is 1.27 bits per heavy atom. The Kier molecular flexibility index (Phi) is 4.93. The first-order valence-corrected chi connectivity index (χ1v) is 8.04. The molecule has 1 unspecified atom stereocenters. The van der Waals surface area contributed by atoms with E-state index in [2.05, 4.69) is 37.8 Å². The van der Waals surface area contributed by atoms with Crippen LogP contribution in [-0.4, -0.2) is 40.7 Å². The molecule has 1 saturated heterocycles. The van der Waals surface area contributed by atoms with Crippen molar-refractivity contribution in [3.05, 3.63) is 35.4 Å². The minimum Gasteiger partial charge on any atom is -0.481 e. The number of carboxylic acid groups (broad SMARTS) is 1. The number of hydrogen-bond donors (Lipinski definition) is 2. The van der Waals surface area contributed by atoms with E-state index >= 15 is 0 Å². The lowest BCUT2D eigenvalue weighted by Crippen LogP contribution is -2.55. The SMILES string of the molecule is CCc1ccc(C2(O)CCN(CCC(=O)O)CC2(C)C)cc1. The molecule has 1 heterocycles. The van der Waals surface area contributed by atoms with Crippen LogP contribution in [0.5, 0.6) is 0 Å². The second kappa shape index (κ2) is 6.39. The van der Waals surface area contributed by atoms with E-state index in [-0.39, 0.29) is 11.8 Å². The van der Waals surface area contributed by atoms with Gasteiger partial charge in [-0.3, -0.25) is 4.79 Å². The maximum atomic E-state index is 11.3. The largest absolute Gasteiger partial charge is 0.481 e. The molecule has 122 valence electrons. The fourth-order valence-corrected chi connectivity index (χ4v) is 3.42. The van der Waals surface area contributed by atoms with Gasteiger partial charge in [0, 0.05) is 25.0 Å². The number of nitrogens with zero attached hydrogens (tertiary/aromatic N) is 1. The van der Waals surface area contributed by atoms with E-state index in [1.54, 1.807) is 0 Å². The molecule has 2 N–H and O–H groups in total. The highest BCUT2D eigenvalue weighted by molar-refractivity contribution is 5.66. The number of likely N-dealkylation sites (tertiary alicyclic amines) is 1. The zero-order valence-corrected chi connectivity index (χ0v) is 13.8. The van der Waals surface area contributed by atoms with Crippen LogP contribution in [0, 0.1) is 5.41 Å². The van der Waals surface area contributed by atoms with Crippen molar-refractivity contribution < 1.29 is 15.0 Å². The number of aliphatic hydroxyl groups is 1. The average molecular weight is 305 g/mol. The van der Waals surface area contributed by atoms with E-state index in [4.69, 9.17) is 5.11 Å². The Morgan fingerprint density at radius 2 is 1.91 bits per heavy atom. The Balaban J connectivity index is 2.15. The third-order valence-corrected chi connectivity index (χ3v) is 5.01. The molecule has 1 aliphatic rings. The zero-order valence-electron chi connectivity index (χ0n) is 13.8. The molecule has 0 radical (unpaired) electrons. The van der Waals surface area contributed by atoms with Gasteiger partial charge in [0.1, 0.15) is 0 Å². The normalized spacial score (nSPS) is 25.1. The fraction of sp³-hybridized carbons (Fsp3) is 0.611. The number of aryl methyl sites for hydroxylation is 1. The molecule has 1 atom stereocenters. The number of piperidine rings is 1. The number of carboxylic acids is 1. The molecule has 1 aromatic carbocycles. The standard InChI is InChI=1S/C18H27NO3/c1-4-14-5-7-15(8-6-14)18(22)10-12-19(11-9-16(20)21)13-17(18,2)3/h5-8,22H,4,9-13H2,1-3H3,(H,20,21). The minimum absolute atomic E-state index is 0.152. The number of hydrogen-bond acceptors (Lipinski definition) is 3. The highest BCUT2D eigenvalue weighted by Crippen LogP contribution is 2.45. The monoisotopic (exact) mass is 305 g/mol. The summed E-state index contributed by atoms with van der Waals surface area (Å²) in [7, 11) is 0. The highest BCUT2D eigenvalue weighted by atomic mass is 16.4. The molecule has 22 heavy (non-hydrogen) atoms. The smallest absolute Gasteiger partial charge is 0.304 e. The van der Waals surface area contributed by atoms with Gasteiger partial charge in [-0.15, -0.1) is 0 Å². The molecular formula is C18H27NO3. The van der Waals surface area contributed by atoms with Crippen molar-refractivity contribution in [1.82, 2.24) is 4.90 Å². The van der Waals surface area contributed by atoms with Crippen molar-refractivity contribution in [2.75, 3.05) is 19.6 Å². The Bertz CT molecular complexity index is 524. The van der Waals surface area contributed by atoms with Crippen LogP contribution < -0.4 is 0 Å². The van der Waals surface area contributed by atoms with Gasteiger partial charge in [-0.1, -0.05) is 45.0 Å². The van der Waals surface area contributed by atoms with Crippen molar-refractivity contribution in [3.8, 4) is 0 Å². The van der Waals surface area contributed by atoms with Crippen molar-refractivity contribution in [2.45, 2.75) is 45.6 Å². The second-order valence-corrected chi connectivity index (χ2v) is 6.96. The van der Waals surface area contributed by atoms with Crippen LogP contribution in [0.15, 0.2) is 24.3 Å². The number of aliphatic carboxylic acids is 1. The van der Waals surface area contributed by atoms with Gasteiger partial charge in [0.2, 0.25) is 0 Å². The van der Waals surface area contributed by atoms with Gasteiger partial charge in [-0.2, -0.15) is 0 Å². The summed E-state index contributed by atoms with van der Waals surface area (Å²) in [5.74, 6) is -0.770. The molecule has 1 aliphatic heterocycles. The Labute approximate surface area is 132 Å². The Morgan fingerprint density at radius 3 is 2.41 bits per heavy atom. The van der Waals surface area contributed by atoms with Crippen LogP contribution in [0.4, 0.5) is 0 Å². The van der Waals surface area contributed by atoms with Crippen LogP contribution in [-0.2, 0) is 16.8 Å². The lowest BCUT2D eigenvalue weighted by atomic mass is 9.66. The summed E-state index contributed by atoms with van der Waals surface area (Å²) in [6.45, 7) is 8.22. The van der Waals surface area contributed by atoms with E-state index in [9.17, 15) is 9.90 Å². The summed E-state index contributed by atoms with van der Waals surface area (Å²) in [4.78, 5) is 12.9. The number of benzene rings is 1. The third-order valence-electron chi connectivity index (χ3n) is 5.01. The molecule has 4 heteroatoms. The van der Waals surface area contributed by atoms with Gasteiger partial charge in [0.15, 0.2) is 0 Å². The molecule has 0 aliphatic carbocycles. The molecule has 4 nitrogen and oxygen atoms in total. The topological polar surface area (TPSA) is 60.8 Å². The van der Waals surface area contributed by atoms with Crippen LogP contribution in [0.25, 0.3) is 0 Å². The maximum absolute atomic E-state index is 11.3. The predicted molar refractivity (Wildman–Crippen MR) is 86.8 cm³/mol. The maximum Gasteiger partial charge on any atom is 0.304 e.